The van der Waals surface area contributed by atoms with Gasteiger partial charge in [-0.25, -0.2) is 0 Å². The van der Waals surface area contributed by atoms with Crippen molar-refractivity contribution in [1.82, 2.24) is 5.32 Å². The van der Waals surface area contributed by atoms with Crippen LogP contribution >= 0.6 is 0 Å². The van der Waals surface area contributed by atoms with Gasteiger partial charge in [-0.2, -0.15) is 0 Å². The summed E-state index contributed by atoms with van der Waals surface area (Å²) in [5.74, 6) is 1.06. The van der Waals surface area contributed by atoms with Gasteiger partial charge in [0.05, 0.1) is 0 Å². The van der Waals surface area contributed by atoms with Crippen LogP contribution in [0.15, 0.2) is 0 Å². The molecular weight excluding hydrogens is 122 g/mol. The van der Waals surface area contributed by atoms with Crippen LogP contribution in [-0.4, -0.2) is 12.6 Å². The van der Waals surface area contributed by atoms with E-state index in [1.807, 2.05) is 0 Å². The molecule has 0 radical (unpaired) electrons. The Hall–Kier alpha value is -0.0400. The van der Waals surface area contributed by atoms with Crippen LogP contribution in [0.4, 0.5) is 0 Å². The molecular formula is C9H17N. The molecule has 0 bridgehead atoms. The van der Waals surface area contributed by atoms with Gasteiger partial charge in [-0.05, 0) is 25.3 Å². The van der Waals surface area contributed by atoms with E-state index in [2.05, 4.69) is 5.32 Å². The van der Waals surface area contributed by atoms with Gasteiger partial charge in [0.15, 0.2) is 0 Å². The number of rotatable bonds is 0. The lowest BCUT2D eigenvalue weighted by molar-refractivity contribution is 0.186. The first-order valence-electron chi connectivity index (χ1n) is 4.70. The molecule has 2 aliphatic rings. The quantitative estimate of drug-likeness (QED) is 0.540. The fraction of sp³-hybridized carbons (Fsp3) is 1.00. The van der Waals surface area contributed by atoms with E-state index >= 15 is 0 Å². The fourth-order valence-corrected chi connectivity index (χ4v) is 2.22. The number of nitrogens with one attached hydrogen (secondary N) is 1. The second-order valence-electron chi connectivity index (χ2n) is 3.77. The molecule has 1 nitrogen and oxygen atoms in total. The molecule has 2 rings (SSSR count). The Kier molecular flexibility index (Phi) is 1.94. The van der Waals surface area contributed by atoms with Crippen molar-refractivity contribution in [3.63, 3.8) is 0 Å². The third-order valence-corrected chi connectivity index (χ3v) is 3.05. The highest BCUT2D eigenvalue weighted by Gasteiger charge is 2.29. The van der Waals surface area contributed by atoms with Gasteiger partial charge in [0.2, 0.25) is 0 Å². The Labute approximate surface area is 63.2 Å². The Balaban J connectivity index is 1.83. The standard InChI is InChI=1S/C9H17N/c1-2-4-6-9-8(5-3-1)7-10-9/h8-10H,1-7H2/t8-,9-/m1/s1. The Morgan fingerprint density at radius 2 is 1.70 bits per heavy atom. The second-order valence-corrected chi connectivity index (χ2v) is 3.77. The zero-order chi connectivity index (χ0) is 6.81. The van der Waals surface area contributed by atoms with Gasteiger partial charge in [0.1, 0.15) is 0 Å². The van der Waals surface area contributed by atoms with Crippen LogP contribution in [0.3, 0.4) is 0 Å². The summed E-state index contributed by atoms with van der Waals surface area (Å²) in [6, 6.07) is 0.917. The van der Waals surface area contributed by atoms with E-state index in [-0.39, 0.29) is 0 Å². The molecule has 58 valence electrons. The molecule has 0 spiro atoms. The summed E-state index contributed by atoms with van der Waals surface area (Å²) in [4.78, 5) is 0. The van der Waals surface area contributed by atoms with Crippen LogP contribution in [-0.2, 0) is 0 Å². The van der Waals surface area contributed by atoms with Gasteiger partial charge in [0, 0.05) is 6.04 Å². The van der Waals surface area contributed by atoms with Crippen molar-refractivity contribution in [2.24, 2.45) is 5.92 Å². The van der Waals surface area contributed by atoms with Crippen molar-refractivity contribution in [1.29, 1.82) is 0 Å². The number of fused-ring (bicyclic) bond motifs is 1. The first-order chi connectivity index (χ1) is 4.97. The molecule has 0 unspecified atom stereocenters. The highest BCUT2D eigenvalue weighted by molar-refractivity contribution is 4.88. The van der Waals surface area contributed by atoms with Gasteiger partial charge in [-0.15, -0.1) is 0 Å². The zero-order valence-corrected chi connectivity index (χ0v) is 6.60. The first-order valence-corrected chi connectivity index (χ1v) is 4.70. The molecule has 0 aromatic heterocycles. The third-order valence-electron chi connectivity index (χ3n) is 3.05. The molecule has 1 heteroatoms. The lowest BCUT2D eigenvalue weighted by Crippen LogP contribution is -2.52. The Morgan fingerprint density at radius 1 is 0.900 bits per heavy atom. The monoisotopic (exact) mass is 139 g/mol. The normalized spacial score (nSPS) is 40.8. The average molecular weight is 139 g/mol. The van der Waals surface area contributed by atoms with E-state index in [1.54, 1.807) is 0 Å². The van der Waals surface area contributed by atoms with Gasteiger partial charge in [-0.1, -0.05) is 25.7 Å². The molecule has 2 fully saturated rings. The smallest absolute Gasteiger partial charge is 0.0108 e. The van der Waals surface area contributed by atoms with E-state index in [0.29, 0.717) is 0 Å². The van der Waals surface area contributed by atoms with Crippen LogP contribution in [0.1, 0.15) is 38.5 Å². The van der Waals surface area contributed by atoms with Gasteiger partial charge < -0.3 is 5.32 Å². The summed E-state index contributed by atoms with van der Waals surface area (Å²) in [6.07, 6.45) is 8.87. The predicted molar refractivity (Wildman–Crippen MR) is 43.0 cm³/mol. The van der Waals surface area contributed by atoms with Crippen molar-refractivity contribution < 1.29 is 0 Å². The molecule has 0 aromatic rings. The topological polar surface area (TPSA) is 12.0 Å². The van der Waals surface area contributed by atoms with Gasteiger partial charge in [-0.3, -0.25) is 0 Å². The third kappa shape index (κ3) is 1.20. The van der Waals surface area contributed by atoms with Crippen molar-refractivity contribution in [3.8, 4) is 0 Å². The first kappa shape index (κ1) is 6.66. The lowest BCUT2D eigenvalue weighted by Gasteiger charge is -2.39. The van der Waals surface area contributed by atoms with Crippen LogP contribution < -0.4 is 5.32 Å². The van der Waals surface area contributed by atoms with Gasteiger partial charge in [0.25, 0.3) is 0 Å². The van der Waals surface area contributed by atoms with Crippen molar-refractivity contribution in [2.45, 2.75) is 44.6 Å². The maximum absolute atomic E-state index is 3.52. The molecule has 1 saturated carbocycles. The van der Waals surface area contributed by atoms with Crippen molar-refractivity contribution in [3.05, 3.63) is 0 Å². The van der Waals surface area contributed by atoms with E-state index < -0.39 is 0 Å². The van der Waals surface area contributed by atoms with Gasteiger partial charge >= 0.3 is 0 Å². The highest BCUT2D eigenvalue weighted by Crippen LogP contribution is 2.27. The number of hydrogen-bond donors (Lipinski definition) is 1. The molecule has 1 N–H and O–H groups in total. The minimum Gasteiger partial charge on any atom is -0.313 e. The SMILES string of the molecule is C1CCC[C@H]2NC[C@H]2CC1. The summed E-state index contributed by atoms with van der Waals surface area (Å²) in [7, 11) is 0. The maximum atomic E-state index is 3.52. The Bertz CT molecular complexity index is 97.3. The molecule has 2 atom stereocenters. The highest BCUT2D eigenvalue weighted by atomic mass is 15.0. The van der Waals surface area contributed by atoms with E-state index in [1.165, 1.54) is 45.1 Å². The predicted octanol–water partition coefficient (Wildman–Crippen LogP) is 1.93. The fourth-order valence-electron chi connectivity index (χ4n) is 2.22. The average Bonchev–Trinajstić information content (AvgIpc) is 1.89. The summed E-state index contributed by atoms with van der Waals surface area (Å²) in [6.45, 7) is 1.31. The second kappa shape index (κ2) is 2.91. The molecule has 1 aliphatic heterocycles. The molecule has 0 aromatic carbocycles. The van der Waals surface area contributed by atoms with Crippen LogP contribution in [0.25, 0.3) is 0 Å². The molecule has 10 heavy (non-hydrogen) atoms. The van der Waals surface area contributed by atoms with Crippen molar-refractivity contribution >= 4 is 0 Å². The van der Waals surface area contributed by atoms with E-state index in [9.17, 15) is 0 Å². The van der Waals surface area contributed by atoms with Crippen molar-refractivity contribution in [2.75, 3.05) is 6.54 Å². The minimum absolute atomic E-state index is 0.917. The molecule has 0 amide bonds. The lowest BCUT2D eigenvalue weighted by atomic mass is 9.81. The van der Waals surface area contributed by atoms with Crippen LogP contribution in [0.2, 0.25) is 0 Å². The summed E-state index contributed by atoms with van der Waals surface area (Å²) >= 11 is 0. The maximum Gasteiger partial charge on any atom is 0.0108 e. The number of hydrogen-bond acceptors (Lipinski definition) is 1. The summed E-state index contributed by atoms with van der Waals surface area (Å²) in [5, 5.41) is 3.52. The van der Waals surface area contributed by atoms with E-state index in [0.717, 1.165) is 12.0 Å². The molecule has 1 aliphatic carbocycles. The van der Waals surface area contributed by atoms with Crippen LogP contribution in [0.5, 0.6) is 0 Å². The van der Waals surface area contributed by atoms with E-state index in [4.69, 9.17) is 0 Å². The summed E-state index contributed by atoms with van der Waals surface area (Å²) in [5.41, 5.74) is 0. The Morgan fingerprint density at radius 3 is 2.40 bits per heavy atom. The summed E-state index contributed by atoms with van der Waals surface area (Å²) < 4.78 is 0. The minimum atomic E-state index is 0.917. The van der Waals surface area contributed by atoms with Crippen LogP contribution in [0, 0.1) is 5.92 Å². The molecule has 1 saturated heterocycles. The molecule has 1 heterocycles. The largest absolute Gasteiger partial charge is 0.313 e. The zero-order valence-electron chi connectivity index (χ0n) is 6.60.